The zero-order valence-electron chi connectivity index (χ0n) is 13.4. The standard InChI is InChI=1S/C15H18N6O2S/c1-3-20-10-6-5-9(7-11(10)21(4-2)15(20)23)12(22)8-24-14-17-13(16)18-19-14/h5-7H,3-4,8H2,1-2H3,(H3,16,17,18,19). The van der Waals surface area contributed by atoms with Crippen molar-refractivity contribution in [2.24, 2.45) is 0 Å². The molecule has 0 saturated carbocycles. The summed E-state index contributed by atoms with van der Waals surface area (Å²) in [4.78, 5) is 28.7. The van der Waals surface area contributed by atoms with Gasteiger partial charge in [-0.3, -0.25) is 13.9 Å². The molecule has 8 nitrogen and oxygen atoms in total. The molecule has 9 heteroatoms. The molecule has 2 heterocycles. The highest BCUT2D eigenvalue weighted by Crippen LogP contribution is 2.19. The lowest BCUT2D eigenvalue weighted by Crippen LogP contribution is -2.23. The van der Waals surface area contributed by atoms with Gasteiger partial charge in [0.05, 0.1) is 16.8 Å². The van der Waals surface area contributed by atoms with Crippen LogP contribution in [0, 0.1) is 0 Å². The Morgan fingerprint density at radius 3 is 2.58 bits per heavy atom. The number of Topliss-reactive ketones (excluding diaryl/α,β-unsaturated/α-hetero) is 1. The van der Waals surface area contributed by atoms with Gasteiger partial charge in [-0.15, -0.1) is 5.10 Å². The van der Waals surface area contributed by atoms with Crippen molar-refractivity contribution in [2.45, 2.75) is 32.1 Å². The van der Waals surface area contributed by atoms with E-state index in [1.807, 2.05) is 19.9 Å². The van der Waals surface area contributed by atoms with Crippen molar-refractivity contribution < 1.29 is 4.79 Å². The molecule has 0 aliphatic rings. The molecule has 3 aromatic rings. The van der Waals surface area contributed by atoms with Crippen molar-refractivity contribution in [1.29, 1.82) is 0 Å². The van der Waals surface area contributed by atoms with Crippen LogP contribution >= 0.6 is 11.8 Å². The first-order valence-corrected chi connectivity index (χ1v) is 8.60. The molecule has 0 aliphatic carbocycles. The Kier molecular flexibility index (Phi) is 4.43. The minimum absolute atomic E-state index is 0.0508. The zero-order chi connectivity index (χ0) is 17.3. The maximum atomic E-state index is 12.4. The van der Waals surface area contributed by atoms with Crippen LogP contribution in [-0.2, 0) is 13.1 Å². The number of aryl methyl sites for hydroxylation is 2. The van der Waals surface area contributed by atoms with E-state index < -0.39 is 0 Å². The number of benzene rings is 1. The smallest absolute Gasteiger partial charge is 0.329 e. The second-order valence-electron chi connectivity index (χ2n) is 5.19. The predicted octanol–water partition coefficient (Wildman–Crippen LogP) is 1.52. The van der Waals surface area contributed by atoms with Crippen molar-refractivity contribution >= 4 is 34.5 Å². The van der Waals surface area contributed by atoms with E-state index in [4.69, 9.17) is 5.73 Å². The number of H-pyrrole nitrogens is 1. The number of thioether (sulfide) groups is 1. The summed E-state index contributed by atoms with van der Waals surface area (Å²) >= 11 is 1.22. The van der Waals surface area contributed by atoms with Gasteiger partial charge in [-0.1, -0.05) is 11.8 Å². The van der Waals surface area contributed by atoms with Crippen LogP contribution in [0.5, 0.6) is 0 Å². The Labute approximate surface area is 142 Å². The zero-order valence-corrected chi connectivity index (χ0v) is 14.3. The minimum atomic E-state index is -0.0513. The number of nitrogens with two attached hydrogens (primary N) is 1. The normalized spacial score (nSPS) is 11.2. The highest BCUT2D eigenvalue weighted by molar-refractivity contribution is 7.99. The maximum Gasteiger partial charge on any atom is 0.329 e. The number of carbonyl (C=O) groups is 1. The third-order valence-corrected chi connectivity index (χ3v) is 4.64. The van der Waals surface area contributed by atoms with Gasteiger partial charge in [0.2, 0.25) is 11.1 Å². The summed E-state index contributed by atoms with van der Waals surface area (Å²) in [6, 6.07) is 5.36. The number of nitrogen functional groups attached to an aromatic ring is 1. The molecular formula is C15H18N6O2S. The fraction of sp³-hybridized carbons (Fsp3) is 0.333. The van der Waals surface area contributed by atoms with Crippen LogP contribution in [0.25, 0.3) is 11.0 Å². The fourth-order valence-corrected chi connectivity index (χ4v) is 3.34. The summed E-state index contributed by atoms with van der Waals surface area (Å²) in [6.07, 6.45) is 0. The second kappa shape index (κ2) is 6.52. The van der Waals surface area contributed by atoms with Crippen LogP contribution in [0.4, 0.5) is 5.95 Å². The summed E-state index contributed by atoms with van der Waals surface area (Å²) in [5, 5.41) is 6.85. The average molecular weight is 346 g/mol. The SMILES string of the molecule is CCn1c(=O)n(CC)c2cc(C(=O)CSc3n[nH]c(N)n3)ccc21. The van der Waals surface area contributed by atoms with E-state index >= 15 is 0 Å². The number of hydrogen-bond donors (Lipinski definition) is 2. The van der Waals surface area contributed by atoms with Crippen LogP contribution < -0.4 is 11.4 Å². The van der Waals surface area contributed by atoms with E-state index in [0.717, 1.165) is 11.0 Å². The molecule has 0 amide bonds. The van der Waals surface area contributed by atoms with E-state index in [1.165, 1.54) is 11.8 Å². The Hall–Kier alpha value is -2.55. The van der Waals surface area contributed by atoms with Crippen LogP contribution in [-0.4, -0.2) is 35.9 Å². The molecule has 126 valence electrons. The molecule has 0 unspecified atom stereocenters. The number of fused-ring (bicyclic) bond motifs is 1. The fourth-order valence-electron chi connectivity index (χ4n) is 2.64. The van der Waals surface area contributed by atoms with E-state index in [0.29, 0.717) is 23.8 Å². The molecule has 0 radical (unpaired) electrons. The van der Waals surface area contributed by atoms with Gasteiger partial charge in [0.15, 0.2) is 5.78 Å². The number of imidazole rings is 1. The van der Waals surface area contributed by atoms with Crippen LogP contribution in [0.15, 0.2) is 28.2 Å². The molecule has 3 N–H and O–H groups in total. The molecule has 0 bridgehead atoms. The van der Waals surface area contributed by atoms with Crippen molar-refractivity contribution in [3.63, 3.8) is 0 Å². The first kappa shape index (κ1) is 16.3. The summed E-state index contributed by atoms with van der Waals surface area (Å²) < 4.78 is 3.39. The minimum Gasteiger partial charge on any atom is -0.368 e. The van der Waals surface area contributed by atoms with E-state index in [2.05, 4.69) is 15.2 Å². The van der Waals surface area contributed by atoms with Gasteiger partial charge in [-0.05, 0) is 32.0 Å². The van der Waals surface area contributed by atoms with Crippen LogP contribution in [0.1, 0.15) is 24.2 Å². The van der Waals surface area contributed by atoms with Crippen molar-refractivity contribution in [3.8, 4) is 0 Å². The second-order valence-corrected chi connectivity index (χ2v) is 6.13. The summed E-state index contributed by atoms with van der Waals surface area (Å²) in [5.74, 6) is 0.372. The monoisotopic (exact) mass is 346 g/mol. The molecule has 0 aliphatic heterocycles. The Morgan fingerprint density at radius 1 is 1.25 bits per heavy atom. The van der Waals surface area contributed by atoms with Crippen molar-refractivity contribution in [2.75, 3.05) is 11.5 Å². The van der Waals surface area contributed by atoms with E-state index in [1.54, 1.807) is 21.3 Å². The molecule has 1 aromatic carbocycles. The highest BCUT2D eigenvalue weighted by Gasteiger charge is 2.15. The van der Waals surface area contributed by atoms with Gasteiger partial charge in [0.1, 0.15) is 0 Å². The Morgan fingerprint density at radius 2 is 1.96 bits per heavy atom. The number of nitrogens with zero attached hydrogens (tertiary/aromatic N) is 4. The number of carbonyl (C=O) groups excluding carboxylic acids is 1. The van der Waals surface area contributed by atoms with Crippen LogP contribution in [0.3, 0.4) is 0 Å². The van der Waals surface area contributed by atoms with E-state index in [-0.39, 0.29) is 23.2 Å². The molecule has 0 fully saturated rings. The summed E-state index contributed by atoms with van der Waals surface area (Å²) in [5.41, 5.74) is 7.59. The first-order valence-electron chi connectivity index (χ1n) is 7.62. The lowest BCUT2D eigenvalue weighted by atomic mass is 10.1. The van der Waals surface area contributed by atoms with E-state index in [9.17, 15) is 9.59 Å². The van der Waals surface area contributed by atoms with Gasteiger partial charge in [0.25, 0.3) is 0 Å². The predicted molar refractivity (Wildman–Crippen MR) is 93.4 cm³/mol. The number of ketones is 1. The summed E-state index contributed by atoms with van der Waals surface area (Å²) in [6.45, 7) is 5.00. The number of nitrogens with one attached hydrogen (secondary N) is 1. The quantitative estimate of drug-likeness (QED) is 0.517. The largest absolute Gasteiger partial charge is 0.368 e. The third-order valence-electron chi connectivity index (χ3n) is 3.79. The van der Waals surface area contributed by atoms with Gasteiger partial charge in [-0.25, -0.2) is 9.89 Å². The topological polar surface area (TPSA) is 112 Å². The van der Waals surface area contributed by atoms with Gasteiger partial charge < -0.3 is 5.73 Å². The van der Waals surface area contributed by atoms with Gasteiger partial charge in [0, 0.05) is 18.7 Å². The number of rotatable bonds is 6. The molecule has 0 atom stereocenters. The first-order chi connectivity index (χ1) is 11.5. The highest BCUT2D eigenvalue weighted by atomic mass is 32.2. The molecule has 0 saturated heterocycles. The number of anilines is 1. The van der Waals surface area contributed by atoms with Crippen LogP contribution in [0.2, 0.25) is 0 Å². The van der Waals surface area contributed by atoms with Gasteiger partial charge in [-0.2, -0.15) is 4.98 Å². The molecular weight excluding hydrogens is 328 g/mol. The third kappa shape index (κ3) is 2.82. The molecule has 0 spiro atoms. The Bertz CT molecular complexity index is 955. The average Bonchev–Trinajstić information content (AvgIpc) is 3.11. The molecule has 2 aromatic heterocycles. The maximum absolute atomic E-state index is 12.4. The number of aromatic amines is 1. The molecule has 24 heavy (non-hydrogen) atoms. The lowest BCUT2D eigenvalue weighted by molar-refractivity contribution is 0.102. The number of aromatic nitrogens is 5. The van der Waals surface area contributed by atoms with Gasteiger partial charge >= 0.3 is 5.69 Å². The molecule has 3 rings (SSSR count). The number of hydrogen-bond acceptors (Lipinski definition) is 6. The van der Waals surface area contributed by atoms with Crippen molar-refractivity contribution in [3.05, 3.63) is 34.2 Å². The van der Waals surface area contributed by atoms with Crippen molar-refractivity contribution in [1.82, 2.24) is 24.3 Å². The lowest BCUT2D eigenvalue weighted by Gasteiger charge is -2.03. The summed E-state index contributed by atoms with van der Waals surface area (Å²) in [7, 11) is 0. The Balaban J connectivity index is 1.89.